The first-order valence-electron chi connectivity index (χ1n) is 8.30. The molecule has 0 fully saturated rings. The molecule has 0 unspecified atom stereocenters. The van der Waals surface area contributed by atoms with Crippen molar-refractivity contribution in [1.29, 1.82) is 0 Å². The number of carbonyl (C=O) groups is 1. The molecule has 0 saturated carbocycles. The molecular formula is C20H15F3N2O3S. The van der Waals surface area contributed by atoms with Gasteiger partial charge in [-0.3, -0.25) is 9.59 Å². The normalized spacial score (nSPS) is 12.8. The van der Waals surface area contributed by atoms with E-state index in [1.165, 1.54) is 31.4 Å². The van der Waals surface area contributed by atoms with E-state index >= 15 is 0 Å². The molecule has 150 valence electrons. The number of aromatic amines is 1. The van der Waals surface area contributed by atoms with Crippen LogP contribution in [-0.4, -0.2) is 18.0 Å². The zero-order chi connectivity index (χ0) is 21.0. The van der Waals surface area contributed by atoms with Gasteiger partial charge in [-0.25, -0.2) is 0 Å². The molecule has 2 N–H and O–H groups in total. The predicted molar refractivity (Wildman–Crippen MR) is 105 cm³/mol. The van der Waals surface area contributed by atoms with E-state index < -0.39 is 23.2 Å². The average molecular weight is 420 g/mol. The summed E-state index contributed by atoms with van der Waals surface area (Å²) in [6.45, 7) is 0. The van der Waals surface area contributed by atoms with E-state index in [1.54, 1.807) is 24.3 Å². The molecule has 0 saturated heterocycles. The first kappa shape index (κ1) is 20.4. The molecule has 3 rings (SSSR count). The van der Waals surface area contributed by atoms with Crippen LogP contribution in [0.15, 0.2) is 53.3 Å². The van der Waals surface area contributed by atoms with Crippen molar-refractivity contribution in [2.45, 2.75) is 6.18 Å². The number of nitrogens with one attached hydrogen (secondary N) is 2. The van der Waals surface area contributed by atoms with Gasteiger partial charge in [0.05, 0.1) is 22.9 Å². The Morgan fingerprint density at radius 2 is 1.83 bits per heavy atom. The smallest absolute Gasteiger partial charge is 0.416 e. The number of carbonyl (C=O) groups excluding carboxylic acids is 1. The van der Waals surface area contributed by atoms with Crippen molar-refractivity contribution in [3.05, 3.63) is 79.2 Å². The zero-order valence-corrected chi connectivity index (χ0v) is 15.9. The minimum Gasteiger partial charge on any atom is -0.495 e. The van der Waals surface area contributed by atoms with Crippen LogP contribution < -0.4 is 24.8 Å². The van der Waals surface area contributed by atoms with Crippen molar-refractivity contribution in [2.24, 2.45) is 0 Å². The summed E-state index contributed by atoms with van der Waals surface area (Å²) >= 11 is 1.02. The van der Waals surface area contributed by atoms with Crippen LogP contribution in [0.3, 0.4) is 0 Å². The lowest BCUT2D eigenvalue weighted by Gasteiger charge is -2.07. The van der Waals surface area contributed by atoms with Crippen molar-refractivity contribution in [2.75, 3.05) is 12.4 Å². The Labute approximate surface area is 166 Å². The van der Waals surface area contributed by atoms with E-state index in [1.807, 2.05) is 0 Å². The van der Waals surface area contributed by atoms with E-state index in [4.69, 9.17) is 4.74 Å². The number of anilines is 1. The fourth-order valence-electron chi connectivity index (χ4n) is 2.48. The molecule has 1 heterocycles. The minimum absolute atomic E-state index is 0.265. The number of rotatable bonds is 4. The van der Waals surface area contributed by atoms with E-state index in [0.717, 1.165) is 23.5 Å². The number of amides is 1. The van der Waals surface area contributed by atoms with Crippen LogP contribution in [0.25, 0.3) is 12.2 Å². The molecule has 0 atom stereocenters. The third kappa shape index (κ3) is 5.14. The number of thiazole rings is 1. The largest absolute Gasteiger partial charge is 0.495 e. The Hall–Kier alpha value is -3.33. The van der Waals surface area contributed by atoms with Gasteiger partial charge in [-0.05, 0) is 35.9 Å². The molecule has 5 nitrogen and oxygen atoms in total. The van der Waals surface area contributed by atoms with Crippen LogP contribution >= 0.6 is 11.3 Å². The first-order valence-corrected chi connectivity index (χ1v) is 9.12. The topological polar surface area (TPSA) is 71.2 Å². The van der Waals surface area contributed by atoms with E-state index in [2.05, 4.69) is 10.3 Å². The Kier molecular flexibility index (Phi) is 5.88. The average Bonchev–Trinajstić information content (AvgIpc) is 3.00. The van der Waals surface area contributed by atoms with Gasteiger partial charge in [-0.2, -0.15) is 13.2 Å². The van der Waals surface area contributed by atoms with Crippen LogP contribution in [0.4, 0.5) is 18.9 Å². The summed E-state index contributed by atoms with van der Waals surface area (Å²) in [4.78, 5) is 26.8. The molecule has 0 aliphatic rings. The standard InChI is InChI=1S/C20H15F3N2O3S/c1-28-15-5-3-2-4-14(15)24-17(26)11-18-25-19(27)16(29-18)10-12-6-8-13(9-7-12)20(21,22)23/h2-11H,1H3,(H,24,26)(H,25,27)/b16-10+,18-11+. The molecule has 0 aliphatic carbocycles. The van der Waals surface area contributed by atoms with Crippen molar-refractivity contribution in [3.8, 4) is 5.75 Å². The lowest BCUT2D eigenvalue weighted by atomic mass is 10.1. The Morgan fingerprint density at radius 3 is 2.48 bits per heavy atom. The van der Waals surface area contributed by atoms with Gasteiger partial charge in [-0.1, -0.05) is 24.3 Å². The Bertz CT molecular complexity index is 1200. The number of halogens is 3. The maximum absolute atomic E-state index is 12.6. The number of H-pyrrole nitrogens is 1. The van der Waals surface area contributed by atoms with Crippen molar-refractivity contribution < 1.29 is 22.7 Å². The highest BCUT2D eigenvalue weighted by atomic mass is 32.1. The van der Waals surface area contributed by atoms with Crippen molar-refractivity contribution >= 4 is 35.1 Å². The van der Waals surface area contributed by atoms with Crippen LogP contribution in [0, 0.1) is 0 Å². The summed E-state index contributed by atoms with van der Waals surface area (Å²) in [6, 6.07) is 11.3. The minimum atomic E-state index is -4.42. The van der Waals surface area contributed by atoms with Crippen molar-refractivity contribution in [3.63, 3.8) is 0 Å². The molecule has 1 amide bonds. The predicted octanol–water partition coefficient (Wildman–Crippen LogP) is 2.71. The molecule has 0 bridgehead atoms. The summed E-state index contributed by atoms with van der Waals surface area (Å²) in [7, 11) is 1.48. The number of hydrogen-bond donors (Lipinski definition) is 2. The number of benzene rings is 2. The number of methoxy groups -OCH3 is 1. The van der Waals surface area contributed by atoms with Crippen LogP contribution in [0.1, 0.15) is 11.1 Å². The number of alkyl halides is 3. The molecule has 9 heteroatoms. The summed E-state index contributed by atoms with van der Waals surface area (Å²) in [5.41, 5.74) is -0.287. The molecule has 0 radical (unpaired) electrons. The maximum Gasteiger partial charge on any atom is 0.416 e. The molecule has 2 aromatic carbocycles. The summed E-state index contributed by atoms with van der Waals surface area (Å²) in [6.07, 6.45) is -1.74. The van der Waals surface area contributed by atoms with E-state index in [9.17, 15) is 22.8 Å². The second kappa shape index (κ2) is 8.36. The van der Waals surface area contributed by atoms with Gasteiger partial charge in [0.2, 0.25) is 0 Å². The lowest BCUT2D eigenvalue weighted by molar-refractivity contribution is -0.137. The van der Waals surface area contributed by atoms with Gasteiger partial charge in [-0.15, -0.1) is 11.3 Å². The highest BCUT2D eigenvalue weighted by molar-refractivity contribution is 7.07. The lowest BCUT2D eigenvalue weighted by Crippen LogP contribution is -2.20. The second-order valence-electron chi connectivity index (χ2n) is 5.88. The van der Waals surface area contributed by atoms with Gasteiger partial charge in [0.1, 0.15) is 10.4 Å². The SMILES string of the molecule is COc1ccccc1NC(=O)/C=c1\[nH]c(=O)/c(=C\c2ccc(C(F)(F)F)cc2)s1. The Balaban J connectivity index is 1.85. The van der Waals surface area contributed by atoms with Crippen LogP contribution in [0.2, 0.25) is 0 Å². The monoisotopic (exact) mass is 420 g/mol. The number of aromatic nitrogens is 1. The van der Waals surface area contributed by atoms with E-state index in [0.29, 0.717) is 21.7 Å². The molecule has 0 aliphatic heterocycles. The fourth-order valence-corrected chi connectivity index (χ4v) is 3.37. The van der Waals surface area contributed by atoms with Crippen LogP contribution in [-0.2, 0) is 11.0 Å². The van der Waals surface area contributed by atoms with Gasteiger partial charge in [0.15, 0.2) is 0 Å². The van der Waals surface area contributed by atoms with Gasteiger partial charge in [0, 0.05) is 6.08 Å². The first-order chi connectivity index (χ1) is 13.8. The molecule has 0 spiro atoms. The highest BCUT2D eigenvalue weighted by Crippen LogP contribution is 2.29. The van der Waals surface area contributed by atoms with Crippen molar-refractivity contribution in [1.82, 2.24) is 4.98 Å². The van der Waals surface area contributed by atoms with Gasteiger partial charge >= 0.3 is 6.18 Å². The molecule has 1 aromatic heterocycles. The number of hydrogen-bond acceptors (Lipinski definition) is 4. The van der Waals surface area contributed by atoms with Crippen LogP contribution in [0.5, 0.6) is 5.75 Å². The third-order valence-electron chi connectivity index (χ3n) is 3.84. The molecule has 29 heavy (non-hydrogen) atoms. The molecular weight excluding hydrogens is 405 g/mol. The quantitative estimate of drug-likeness (QED) is 0.682. The molecule has 3 aromatic rings. The second-order valence-corrected chi connectivity index (χ2v) is 6.97. The van der Waals surface area contributed by atoms with Gasteiger partial charge < -0.3 is 15.0 Å². The zero-order valence-electron chi connectivity index (χ0n) is 15.0. The highest BCUT2D eigenvalue weighted by Gasteiger charge is 2.29. The Morgan fingerprint density at radius 1 is 1.14 bits per heavy atom. The fraction of sp³-hybridized carbons (Fsp3) is 0.100. The van der Waals surface area contributed by atoms with E-state index in [-0.39, 0.29) is 4.53 Å². The summed E-state index contributed by atoms with van der Waals surface area (Å²) < 4.78 is 43.6. The third-order valence-corrected chi connectivity index (χ3v) is 4.81. The summed E-state index contributed by atoms with van der Waals surface area (Å²) in [5.74, 6) is 0.0262. The summed E-state index contributed by atoms with van der Waals surface area (Å²) in [5, 5.41) is 2.66. The number of para-hydroxylation sites is 2. The maximum atomic E-state index is 12.6. The van der Waals surface area contributed by atoms with Gasteiger partial charge in [0.25, 0.3) is 11.5 Å². The number of ether oxygens (including phenoxy) is 1.